The molecule has 3 rings (SSSR count). The van der Waals surface area contributed by atoms with Gasteiger partial charge in [0.2, 0.25) is 0 Å². The van der Waals surface area contributed by atoms with E-state index in [9.17, 15) is 27.9 Å². The van der Waals surface area contributed by atoms with Crippen LogP contribution in [-0.2, 0) is 13.0 Å². The van der Waals surface area contributed by atoms with Gasteiger partial charge < -0.3 is 9.84 Å². The highest BCUT2D eigenvalue weighted by Crippen LogP contribution is 2.29. The lowest BCUT2D eigenvalue weighted by atomic mass is 10.0. The topological polar surface area (TPSA) is 128 Å². The number of hydrogen-bond donors (Lipinski definition) is 2. The normalized spacial score (nSPS) is 13.2. The van der Waals surface area contributed by atoms with Gasteiger partial charge in [-0.2, -0.15) is 18.4 Å². The number of aldehydes is 1. The Balaban J connectivity index is 1.84. The van der Waals surface area contributed by atoms with Crippen molar-refractivity contribution in [1.29, 1.82) is 5.26 Å². The summed E-state index contributed by atoms with van der Waals surface area (Å²) in [5, 5.41) is 20.8. The number of amides is 2. The SMILES string of the molecule is N#Cc1cnc(NC(=O)N2CCCc3cc(CO)c(C=O)nc32)cc1OCC(F)(F)F. The zero-order valence-electron chi connectivity index (χ0n) is 15.9. The number of rotatable bonds is 5. The van der Waals surface area contributed by atoms with Gasteiger partial charge in [-0.25, -0.2) is 14.8 Å². The minimum atomic E-state index is -4.60. The molecule has 0 spiro atoms. The molecule has 0 aromatic carbocycles. The van der Waals surface area contributed by atoms with Crippen molar-refractivity contribution in [3.63, 3.8) is 0 Å². The fraction of sp³-hybridized carbons (Fsp3) is 0.316. The Hall–Kier alpha value is -3.72. The average Bonchev–Trinajstić information content (AvgIpc) is 2.75. The van der Waals surface area contributed by atoms with Crippen LogP contribution in [0.4, 0.5) is 29.6 Å². The lowest BCUT2D eigenvalue weighted by Crippen LogP contribution is -2.39. The zero-order valence-corrected chi connectivity index (χ0v) is 15.9. The van der Waals surface area contributed by atoms with Gasteiger partial charge >= 0.3 is 12.2 Å². The number of fused-ring (bicyclic) bond motifs is 1. The standard InChI is InChI=1S/C19H16F3N5O4/c20-19(21,22)10-31-15-5-16(24-7-13(15)6-23)26-18(30)27-3-1-2-11-4-12(8-28)14(9-29)25-17(11)27/h4-5,7,9,28H,1-3,8,10H2,(H,24,26,30). The molecule has 0 bridgehead atoms. The largest absolute Gasteiger partial charge is 0.483 e. The van der Waals surface area contributed by atoms with Gasteiger partial charge in [-0.05, 0) is 24.5 Å². The molecule has 162 valence electrons. The summed E-state index contributed by atoms with van der Waals surface area (Å²) in [6.45, 7) is -1.71. The maximum Gasteiger partial charge on any atom is 0.422 e. The molecule has 9 nitrogen and oxygen atoms in total. The number of alkyl halides is 3. The number of halogens is 3. The van der Waals surface area contributed by atoms with Crippen molar-refractivity contribution in [2.75, 3.05) is 23.4 Å². The minimum absolute atomic E-state index is 0.000264. The number of nitrogens with one attached hydrogen (secondary N) is 1. The number of carbonyl (C=O) groups excluding carboxylic acids is 2. The van der Waals surface area contributed by atoms with Crippen molar-refractivity contribution >= 4 is 24.0 Å². The highest BCUT2D eigenvalue weighted by Gasteiger charge is 2.29. The number of nitrogens with zero attached hydrogens (tertiary/aromatic N) is 4. The van der Waals surface area contributed by atoms with Gasteiger partial charge in [-0.15, -0.1) is 0 Å². The van der Waals surface area contributed by atoms with E-state index >= 15 is 0 Å². The summed E-state index contributed by atoms with van der Waals surface area (Å²) in [4.78, 5) is 33.3. The number of aryl methyl sites for hydroxylation is 1. The molecule has 0 saturated heterocycles. The first-order chi connectivity index (χ1) is 14.8. The van der Waals surface area contributed by atoms with Crippen LogP contribution in [0.5, 0.6) is 5.75 Å². The number of pyridine rings is 2. The van der Waals surface area contributed by atoms with Crippen molar-refractivity contribution in [2.24, 2.45) is 0 Å². The molecule has 1 aliphatic rings. The Bertz CT molecular complexity index is 1050. The van der Waals surface area contributed by atoms with Gasteiger partial charge in [-0.3, -0.25) is 15.0 Å². The number of nitriles is 1. The van der Waals surface area contributed by atoms with Crippen molar-refractivity contribution in [3.8, 4) is 11.8 Å². The lowest BCUT2D eigenvalue weighted by Gasteiger charge is -2.29. The molecular weight excluding hydrogens is 419 g/mol. The van der Waals surface area contributed by atoms with Gasteiger partial charge in [0.1, 0.15) is 34.7 Å². The summed E-state index contributed by atoms with van der Waals surface area (Å²) in [5.41, 5.74) is 0.786. The van der Waals surface area contributed by atoms with E-state index in [0.717, 1.165) is 12.3 Å². The number of aliphatic hydroxyl groups excluding tert-OH is 1. The van der Waals surface area contributed by atoms with E-state index in [1.54, 1.807) is 12.1 Å². The van der Waals surface area contributed by atoms with E-state index in [1.807, 2.05) is 0 Å². The van der Waals surface area contributed by atoms with E-state index < -0.39 is 18.8 Å². The third-order valence-corrected chi connectivity index (χ3v) is 4.41. The Kier molecular flexibility index (Phi) is 6.36. The molecule has 31 heavy (non-hydrogen) atoms. The molecule has 1 aliphatic heterocycles. The van der Waals surface area contributed by atoms with Crippen molar-refractivity contribution in [2.45, 2.75) is 25.6 Å². The van der Waals surface area contributed by atoms with Crippen molar-refractivity contribution in [1.82, 2.24) is 9.97 Å². The smallest absolute Gasteiger partial charge is 0.422 e. The highest BCUT2D eigenvalue weighted by atomic mass is 19.4. The Morgan fingerprint density at radius 3 is 2.84 bits per heavy atom. The van der Waals surface area contributed by atoms with E-state index in [1.165, 1.54) is 4.90 Å². The minimum Gasteiger partial charge on any atom is -0.483 e. The summed E-state index contributed by atoms with van der Waals surface area (Å²) in [7, 11) is 0. The summed E-state index contributed by atoms with van der Waals surface area (Å²) in [6, 6.07) is 3.62. The lowest BCUT2D eigenvalue weighted by molar-refractivity contribution is -0.153. The fourth-order valence-electron chi connectivity index (χ4n) is 3.03. The van der Waals surface area contributed by atoms with Crippen LogP contribution >= 0.6 is 0 Å². The molecule has 3 heterocycles. The molecule has 0 aliphatic carbocycles. The number of aliphatic hydroxyl groups is 1. The van der Waals surface area contributed by atoms with Crippen LogP contribution < -0.4 is 15.0 Å². The number of hydrogen-bond acceptors (Lipinski definition) is 7. The number of anilines is 2. The highest BCUT2D eigenvalue weighted by molar-refractivity contribution is 6.01. The van der Waals surface area contributed by atoms with Gasteiger partial charge in [0, 0.05) is 18.2 Å². The molecule has 2 N–H and O–H groups in total. The first-order valence-corrected chi connectivity index (χ1v) is 9.02. The monoisotopic (exact) mass is 435 g/mol. The second kappa shape index (κ2) is 8.97. The van der Waals surface area contributed by atoms with Crippen LogP contribution in [0.25, 0.3) is 0 Å². The van der Waals surface area contributed by atoms with Crippen LogP contribution in [0.2, 0.25) is 0 Å². The Morgan fingerprint density at radius 2 is 2.19 bits per heavy atom. The molecule has 0 radical (unpaired) electrons. The van der Waals surface area contributed by atoms with Gasteiger partial charge in [0.05, 0.1) is 12.8 Å². The molecule has 0 saturated carbocycles. The molecule has 12 heteroatoms. The first kappa shape index (κ1) is 22.0. The summed E-state index contributed by atoms with van der Waals surface area (Å²) in [5.74, 6) is -0.265. The molecule has 0 fully saturated rings. The second-order valence-corrected chi connectivity index (χ2v) is 6.56. The predicted molar refractivity (Wildman–Crippen MR) is 101 cm³/mol. The van der Waals surface area contributed by atoms with Crippen LogP contribution in [0, 0.1) is 11.3 Å². The number of carbonyl (C=O) groups is 2. The number of ether oxygens (including phenoxy) is 1. The van der Waals surface area contributed by atoms with E-state index in [2.05, 4.69) is 20.0 Å². The van der Waals surface area contributed by atoms with E-state index in [4.69, 9.17) is 5.26 Å². The van der Waals surface area contributed by atoms with Crippen LogP contribution in [-0.4, -0.2) is 46.7 Å². The molecule has 2 aromatic heterocycles. The number of aromatic nitrogens is 2. The fourth-order valence-corrected chi connectivity index (χ4v) is 3.03. The van der Waals surface area contributed by atoms with Crippen LogP contribution in [0.1, 0.15) is 33.6 Å². The molecular formula is C19H16F3N5O4. The Morgan fingerprint density at radius 1 is 1.42 bits per heavy atom. The van der Waals surface area contributed by atoms with Gasteiger partial charge in [-0.1, -0.05) is 0 Å². The van der Waals surface area contributed by atoms with Gasteiger partial charge in [0.15, 0.2) is 12.9 Å². The first-order valence-electron chi connectivity index (χ1n) is 9.02. The second-order valence-electron chi connectivity index (χ2n) is 6.56. The average molecular weight is 435 g/mol. The van der Waals surface area contributed by atoms with E-state index in [-0.39, 0.29) is 41.8 Å². The molecule has 0 atom stereocenters. The molecule has 2 aromatic rings. The Labute approximate surface area is 174 Å². The number of urea groups is 1. The third kappa shape index (κ3) is 5.07. The molecule has 0 unspecified atom stereocenters. The van der Waals surface area contributed by atoms with Crippen molar-refractivity contribution in [3.05, 3.63) is 40.7 Å². The third-order valence-electron chi connectivity index (χ3n) is 4.41. The van der Waals surface area contributed by atoms with Crippen LogP contribution in [0.15, 0.2) is 18.3 Å². The quantitative estimate of drug-likeness (QED) is 0.691. The summed E-state index contributed by atoms with van der Waals surface area (Å²) >= 11 is 0. The van der Waals surface area contributed by atoms with E-state index in [0.29, 0.717) is 30.3 Å². The zero-order chi connectivity index (χ0) is 22.6. The predicted octanol–water partition coefficient (Wildman–Crippen LogP) is 2.58. The van der Waals surface area contributed by atoms with Gasteiger partial charge in [0.25, 0.3) is 0 Å². The summed E-state index contributed by atoms with van der Waals surface area (Å²) in [6.07, 6.45) is -1.96. The maximum absolute atomic E-state index is 12.8. The van der Waals surface area contributed by atoms with Crippen molar-refractivity contribution < 1.29 is 32.6 Å². The maximum atomic E-state index is 12.8. The van der Waals surface area contributed by atoms with Crippen LogP contribution in [0.3, 0.4) is 0 Å². The molecule has 2 amide bonds. The summed E-state index contributed by atoms with van der Waals surface area (Å²) < 4.78 is 42.0.